The summed E-state index contributed by atoms with van der Waals surface area (Å²) in [5.74, 6) is 0.119. The number of rotatable bonds is 4. The fourth-order valence-corrected chi connectivity index (χ4v) is 1.99. The lowest BCUT2D eigenvalue weighted by Crippen LogP contribution is -2.35. The van der Waals surface area contributed by atoms with E-state index in [2.05, 4.69) is 5.32 Å². The summed E-state index contributed by atoms with van der Waals surface area (Å²) < 4.78 is 5.50. The third-order valence-corrected chi connectivity index (χ3v) is 3.07. The van der Waals surface area contributed by atoms with E-state index in [1.54, 1.807) is 24.3 Å². The van der Waals surface area contributed by atoms with Crippen LogP contribution in [0.1, 0.15) is 18.4 Å². The number of amides is 1. The second-order valence-electron chi connectivity index (χ2n) is 4.44. The summed E-state index contributed by atoms with van der Waals surface area (Å²) in [5, 5.41) is 12.0. The first-order valence-electron chi connectivity index (χ1n) is 6.10. The van der Waals surface area contributed by atoms with Gasteiger partial charge in [-0.05, 0) is 30.5 Å². The molecule has 98 valence electrons. The molecule has 1 saturated heterocycles. The van der Waals surface area contributed by atoms with Crippen LogP contribution >= 0.6 is 0 Å². The van der Waals surface area contributed by atoms with Crippen molar-refractivity contribution in [2.24, 2.45) is 5.73 Å². The van der Waals surface area contributed by atoms with E-state index in [1.165, 1.54) is 0 Å². The van der Waals surface area contributed by atoms with Gasteiger partial charge in [0.25, 0.3) is 0 Å². The van der Waals surface area contributed by atoms with Crippen LogP contribution in [0.2, 0.25) is 0 Å². The molecule has 0 saturated carbocycles. The molecule has 1 aromatic rings. The Labute approximate surface area is 106 Å². The number of nitrogens with one attached hydrogen (secondary N) is 1. The zero-order valence-electron chi connectivity index (χ0n) is 10.1. The average molecular weight is 250 g/mol. The normalized spacial score (nSPS) is 22.9. The fourth-order valence-electron chi connectivity index (χ4n) is 1.99. The fraction of sp³-hybridized carbons (Fsp3) is 0.462. The minimum Gasteiger partial charge on any atom is -0.508 e. The van der Waals surface area contributed by atoms with Crippen LogP contribution < -0.4 is 11.1 Å². The van der Waals surface area contributed by atoms with Crippen molar-refractivity contribution in [3.05, 3.63) is 29.8 Å². The smallest absolute Gasteiger partial charge is 0.249 e. The minimum absolute atomic E-state index is 0.00872. The molecule has 1 aliphatic rings. The van der Waals surface area contributed by atoms with Crippen LogP contribution in [-0.2, 0) is 16.1 Å². The van der Waals surface area contributed by atoms with E-state index in [1.807, 2.05) is 0 Å². The second-order valence-corrected chi connectivity index (χ2v) is 4.44. The summed E-state index contributed by atoms with van der Waals surface area (Å²) in [5.41, 5.74) is 6.43. The Morgan fingerprint density at radius 1 is 1.39 bits per heavy atom. The predicted molar refractivity (Wildman–Crippen MR) is 66.9 cm³/mol. The van der Waals surface area contributed by atoms with Crippen LogP contribution in [0, 0.1) is 0 Å². The van der Waals surface area contributed by atoms with Crippen molar-refractivity contribution in [3.63, 3.8) is 0 Å². The molecule has 0 aliphatic carbocycles. The van der Waals surface area contributed by atoms with Crippen LogP contribution in [0.4, 0.5) is 0 Å². The van der Waals surface area contributed by atoms with Crippen LogP contribution in [-0.4, -0.2) is 29.8 Å². The molecule has 2 atom stereocenters. The van der Waals surface area contributed by atoms with Crippen molar-refractivity contribution in [2.45, 2.75) is 31.6 Å². The predicted octanol–water partition coefficient (Wildman–Crippen LogP) is 0.515. The van der Waals surface area contributed by atoms with E-state index in [4.69, 9.17) is 15.6 Å². The average Bonchev–Trinajstić information content (AvgIpc) is 2.86. The van der Waals surface area contributed by atoms with Crippen molar-refractivity contribution in [1.82, 2.24) is 5.32 Å². The molecule has 5 nitrogen and oxygen atoms in total. The minimum atomic E-state index is -0.379. The van der Waals surface area contributed by atoms with Crippen molar-refractivity contribution in [2.75, 3.05) is 6.54 Å². The SMILES string of the molecule is NCC1CCC(C(=O)NCc2ccc(O)cc2)O1. The lowest BCUT2D eigenvalue weighted by molar-refractivity contribution is -0.132. The molecule has 4 N–H and O–H groups in total. The highest BCUT2D eigenvalue weighted by molar-refractivity contribution is 5.81. The Bertz CT molecular complexity index is 405. The van der Waals surface area contributed by atoms with Crippen LogP contribution in [0.5, 0.6) is 5.75 Å². The molecule has 5 heteroatoms. The van der Waals surface area contributed by atoms with Gasteiger partial charge in [-0.15, -0.1) is 0 Å². The number of carbonyl (C=O) groups is 1. The Balaban J connectivity index is 1.80. The van der Waals surface area contributed by atoms with Gasteiger partial charge in [-0.25, -0.2) is 0 Å². The largest absolute Gasteiger partial charge is 0.508 e. The van der Waals surface area contributed by atoms with Crippen molar-refractivity contribution in [3.8, 4) is 5.75 Å². The number of aromatic hydroxyl groups is 1. The highest BCUT2D eigenvalue weighted by atomic mass is 16.5. The van der Waals surface area contributed by atoms with Gasteiger partial charge in [0.2, 0.25) is 5.91 Å². The third kappa shape index (κ3) is 3.21. The number of carbonyl (C=O) groups excluding carboxylic acids is 1. The van der Waals surface area contributed by atoms with Gasteiger partial charge in [0.15, 0.2) is 0 Å². The zero-order chi connectivity index (χ0) is 13.0. The van der Waals surface area contributed by atoms with Crippen molar-refractivity contribution >= 4 is 5.91 Å². The summed E-state index contributed by atoms with van der Waals surface area (Å²) in [6.07, 6.45) is 1.20. The maximum atomic E-state index is 11.8. The molecule has 1 fully saturated rings. The summed E-state index contributed by atoms with van der Waals surface area (Å²) in [4.78, 5) is 11.8. The highest BCUT2D eigenvalue weighted by Gasteiger charge is 2.29. The van der Waals surface area contributed by atoms with E-state index in [0.717, 1.165) is 18.4 Å². The van der Waals surface area contributed by atoms with Crippen molar-refractivity contribution < 1.29 is 14.6 Å². The molecule has 1 amide bonds. The van der Waals surface area contributed by atoms with Gasteiger partial charge in [0.1, 0.15) is 11.9 Å². The number of ether oxygens (including phenoxy) is 1. The van der Waals surface area contributed by atoms with E-state index >= 15 is 0 Å². The standard InChI is InChI=1S/C13H18N2O3/c14-7-11-5-6-12(18-11)13(17)15-8-9-1-3-10(16)4-2-9/h1-4,11-12,16H,5-8,14H2,(H,15,17). The summed E-state index contributed by atoms with van der Waals surface area (Å²) in [7, 11) is 0. The number of phenols is 1. The molecule has 0 aromatic heterocycles. The lowest BCUT2D eigenvalue weighted by Gasteiger charge is -2.12. The van der Waals surface area contributed by atoms with E-state index in [9.17, 15) is 4.79 Å². The van der Waals surface area contributed by atoms with Gasteiger partial charge < -0.3 is 20.9 Å². The first-order chi connectivity index (χ1) is 8.69. The number of hydrogen-bond acceptors (Lipinski definition) is 4. The Morgan fingerprint density at radius 2 is 2.11 bits per heavy atom. The van der Waals surface area contributed by atoms with Gasteiger partial charge in [-0.2, -0.15) is 0 Å². The number of hydrogen-bond donors (Lipinski definition) is 3. The van der Waals surface area contributed by atoms with Crippen molar-refractivity contribution in [1.29, 1.82) is 0 Å². The number of benzene rings is 1. The Kier molecular flexibility index (Phi) is 4.17. The van der Waals surface area contributed by atoms with E-state index < -0.39 is 0 Å². The molecule has 0 spiro atoms. The van der Waals surface area contributed by atoms with Gasteiger partial charge in [0.05, 0.1) is 6.10 Å². The van der Waals surface area contributed by atoms with Gasteiger partial charge in [-0.1, -0.05) is 12.1 Å². The van der Waals surface area contributed by atoms with Crippen LogP contribution in [0.25, 0.3) is 0 Å². The maximum absolute atomic E-state index is 11.8. The molecule has 1 aromatic carbocycles. The lowest BCUT2D eigenvalue weighted by atomic mass is 10.2. The van der Waals surface area contributed by atoms with E-state index in [-0.39, 0.29) is 23.9 Å². The van der Waals surface area contributed by atoms with Crippen LogP contribution in [0.3, 0.4) is 0 Å². The molecular weight excluding hydrogens is 232 g/mol. The zero-order valence-corrected chi connectivity index (χ0v) is 10.1. The third-order valence-electron chi connectivity index (χ3n) is 3.07. The molecule has 1 heterocycles. The quantitative estimate of drug-likeness (QED) is 0.727. The molecule has 1 aliphatic heterocycles. The van der Waals surface area contributed by atoms with Gasteiger partial charge >= 0.3 is 0 Å². The topological polar surface area (TPSA) is 84.6 Å². The van der Waals surface area contributed by atoms with Gasteiger partial charge in [-0.3, -0.25) is 4.79 Å². The molecule has 2 unspecified atom stereocenters. The summed E-state index contributed by atoms with van der Waals surface area (Å²) in [6, 6.07) is 6.73. The first-order valence-corrected chi connectivity index (χ1v) is 6.10. The highest BCUT2D eigenvalue weighted by Crippen LogP contribution is 2.19. The van der Waals surface area contributed by atoms with E-state index in [0.29, 0.717) is 13.1 Å². The molecule has 0 bridgehead atoms. The number of nitrogens with two attached hydrogens (primary N) is 1. The molecule has 18 heavy (non-hydrogen) atoms. The molecule has 0 radical (unpaired) electrons. The Hall–Kier alpha value is -1.59. The maximum Gasteiger partial charge on any atom is 0.249 e. The molecule has 2 rings (SSSR count). The number of phenolic OH excluding ortho intramolecular Hbond substituents is 1. The molecular formula is C13H18N2O3. The van der Waals surface area contributed by atoms with Crippen LogP contribution in [0.15, 0.2) is 24.3 Å². The van der Waals surface area contributed by atoms with Gasteiger partial charge in [0, 0.05) is 13.1 Å². The monoisotopic (exact) mass is 250 g/mol. The first kappa shape index (κ1) is 12.9. The summed E-state index contributed by atoms with van der Waals surface area (Å²) in [6.45, 7) is 0.897. The summed E-state index contributed by atoms with van der Waals surface area (Å²) >= 11 is 0. The Morgan fingerprint density at radius 3 is 2.72 bits per heavy atom. The second kappa shape index (κ2) is 5.84.